The maximum absolute atomic E-state index is 12.2. The summed E-state index contributed by atoms with van der Waals surface area (Å²) in [7, 11) is 0. The Morgan fingerprint density at radius 1 is 1.00 bits per heavy atom. The first-order valence-electron chi connectivity index (χ1n) is 8.66. The van der Waals surface area contributed by atoms with Crippen molar-refractivity contribution in [2.75, 3.05) is 0 Å². The van der Waals surface area contributed by atoms with Crippen LogP contribution in [0.2, 0.25) is 0 Å². The van der Waals surface area contributed by atoms with E-state index in [1.54, 1.807) is 18.2 Å². The third kappa shape index (κ3) is 5.99. The normalized spacial score (nSPS) is 10.9. The van der Waals surface area contributed by atoms with Gasteiger partial charge in [0.25, 0.3) is 5.69 Å². The number of non-ortho nitro benzene ring substituents is 1. The molecule has 0 saturated heterocycles. The topological polar surface area (TPSA) is 60.2 Å². The van der Waals surface area contributed by atoms with Crippen molar-refractivity contribution in [2.45, 2.75) is 39.0 Å². The number of benzene rings is 2. The van der Waals surface area contributed by atoms with Crippen LogP contribution < -0.4 is 0 Å². The van der Waals surface area contributed by atoms with Crippen molar-refractivity contribution in [3.63, 3.8) is 0 Å². The maximum Gasteiger partial charge on any atom is 0.269 e. The lowest BCUT2D eigenvalue weighted by atomic mass is 10.0. The fraction of sp³-hybridized carbons (Fsp3) is 0.286. The summed E-state index contributed by atoms with van der Waals surface area (Å²) in [4.78, 5) is 22.4. The highest BCUT2D eigenvalue weighted by Crippen LogP contribution is 2.14. The van der Waals surface area contributed by atoms with Crippen LogP contribution in [0.4, 0.5) is 5.69 Å². The molecule has 4 heteroatoms. The van der Waals surface area contributed by atoms with Gasteiger partial charge in [-0.25, -0.2) is 0 Å². The molecule has 0 atom stereocenters. The van der Waals surface area contributed by atoms with Gasteiger partial charge in [0.1, 0.15) is 0 Å². The van der Waals surface area contributed by atoms with E-state index >= 15 is 0 Å². The molecule has 0 saturated carbocycles. The standard InChI is InChI=1S/C21H23NO3/c1-2-3-4-5-6-17-7-12-19(13-8-17)21(23)16-11-18-9-14-20(15-10-18)22(24)25/h7-16H,2-6H2,1H3. The number of allylic oxidation sites excluding steroid dienone is 1. The zero-order valence-electron chi connectivity index (χ0n) is 14.5. The number of rotatable bonds is 9. The second kappa shape index (κ2) is 9.52. The first-order chi connectivity index (χ1) is 12.1. The molecule has 25 heavy (non-hydrogen) atoms. The molecule has 0 bridgehead atoms. The van der Waals surface area contributed by atoms with Gasteiger partial charge in [-0.05, 0) is 42.2 Å². The number of hydrogen-bond donors (Lipinski definition) is 0. The molecule has 130 valence electrons. The van der Waals surface area contributed by atoms with Crippen molar-refractivity contribution in [2.24, 2.45) is 0 Å². The van der Waals surface area contributed by atoms with Crippen molar-refractivity contribution >= 4 is 17.5 Å². The minimum atomic E-state index is -0.442. The summed E-state index contributed by atoms with van der Waals surface area (Å²) in [6.45, 7) is 2.20. The molecular weight excluding hydrogens is 314 g/mol. The van der Waals surface area contributed by atoms with Crippen LogP contribution >= 0.6 is 0 Å². The molecule has 0 aliphatic heterocycles. The minimum Gasteiger partial charge on any atom is -0.289 e. The Morgan fingerprint density at radius 3 is 2.28 bits per heavy atom. The molecule has 4 nitrogen and oxygen atoms in total. The lowest BCUT2D eigenvalue weighted by Gasteiger charge is -2.02. The van der Waals surface area contributed by atoms with E-state index in [0.717, 1.165) is 12.0 Å². The van der Waals surface area contributed by atoms with Gasteiger partial charge in [0.15, 0.2) is 5.78 Å². The smallest absolute Gasteiger partial charge is 0.269 e. The van der Waals surface area contributed by atoms with E-state index in [9.17, 15) is 14.9 Å². The lowest BCUT2D eigenvalue weighted by Crippen LogP contribution is -1.95. The van der Waals surface area contributed by atoms with Crippen LogP contribution in [-0.4, -0.2) is 10.7 Å². The molecule has 0 unspecified atom stereocenters. The molecule has 0 aromatic heterocycles. The van der Waals surface area contributed by atoms with Crippen molar-refractivity contribution in [1.29, 1.82) is 0 Å². The summed E-state index contributed by atoms with van der Waals surface area (Å²) < 4.78 is 0. The molecule has 2 aromatic rings. The number of carbonyl (C=O) groups excluding carboxylic acids is 1. The van der Waals surface area contributed by atoms with Gasteiger partial charge in [0.05, 0.1) is 4.92 Å². The average Bonchev–Trinajstić information content (AvgIpc) is 2.64. The zero-order chi connectivity index (χ0) is 18.1. The minimum absolute atomic E-state index is 0.0398. The number of hydrogen-bond acceptors (Lipinski definition) is 3. The Hall–Kier alpha value is -2.75. The van der Waals surface area contributed by atoms with Gasteiger partial charge >= 0.3 is 0 Å². The van der Waals surface area contributed by atoms with Gasteiger partial charge in [-0.15, -0.1) is 0 Å². The van der Waals surface area contributed by atoms with E-state index < -0.39 is 4.92 Å². The first-order valence-corrected chi connectivity index (χ1v) is 8.66. The van der Waals surface area contributed by atoms with Gasteiger partial charge in [0.2, 0.25) is 0 Å². The van der Waals surface area contributed by atoms with E-state index in [4.69, 9.17) is 0 Å². The molecule has 0 fully saturated rings. The fourth-order valence-electron chi connectivity index (χ4n) is 2.57. The van der Waals surface area contributed by atoms with E-state index in [1.807, 2.05) is 24.3 Å². The maximum atomic E-state index is 12.2. The summed E-state index contributed by atoms with van der Waals surface area (Å²) in [5.41, 5.74) is 2.70. The number of nitro groups is 1. The van der Waals surface area contributed by atoms with Gasteiger partial charge < -0.3 is 0 Å². The molecule has 2 rings (SSSR count). The van der Waals surface area contributed by atoms with E-state index in [2.05, 4.69) is 6.92 Å². The number of nitrogens with zero attached hydrogens (tertiary/aromatic N) is 1. The fourth-order valence-corrected chi connectivity index (χ4v) is 2.57. The Morgan fingerprint density at radius 2 is 1.68 bits per heavy atom. The summed E-state index contributed by atoms with van der Waals surface area (Å²) >= 11 is 0. The van der Waals surface area contributed by atoms with Crippen LogP contribution in [0.1, 0.15) is 54.1 Å². The Labute approximate surface area is 148 Å². The predicted octanol–water partition coefficient (Wildman–Crippen LogP) is 5.61. The highest BCUT2D eigenvalue weighted by Gasteiger charge is 2.04. The number of aryl methyl sites for hydroxylation is 1. The molecule has 0 spiro atoms. The molecular formula is C21H23NO3. The predicted molar refractivity (Wildman–Crippen MR) is 101 cm³/mol. The van der Waals surface area contributed by atoms with Gasteiger partial charge in [-0.1, -0.05) is 56.5 Å². The molecule has 0 aliphatic rings. The third-order valence-electron chi connectivity index (χ3n) is 4.09. The zero-order valence-corrected chi connectivity index (χ0v) is 14.5. The SMILES string of the molecule is CCCCCCc1ccc(C(=O)C=Cc2ccc([N+](=O)[O-])cc2)cc1. The molecule has 0 aliphatic carbocycles. The van der Waals surface area contributed by atoms with Gasteiger partial charge in [0, 0.05) is 17.7 Å². The van der Waals surface area contributed by atoms with Crippen LogP contribution in [0.5, 0.6) is 0 Å². The second-order valence-corrected chi connectivity index (χ2v) is 6.05. The summed E-state index contributed by atoms with van der Waals surface area (Å²) in [6.07, 6.45) is 9.14. The van der Waals surface area contributed by atoms with Crippen LogP contribution in [0, 0.1) is 10.1 Å². The molecule has 0 N–H and O–H groups in total. The number of ketones is 1. The summed E-state index contributed by atoms with van der Waals surface area (Å²) in [5, 5.41) is 10.6. The van der Waals surface area contributed by atoms with E-state index in [-0.39, 0.29) is 11.5 Å². The Balaban J connectivity index is 1.92. The van der Waals surface area contributed by atoms with E-state index in [1.165, 1.54) is 49.5 Å². The van der Waals surface area contributed by atoms with Crippen molar-refractivity contribution in [3.8, 4) is 0 Å². The average molecular weight is 337 g/mol. The summed E-state index contributed by atoms with van der Waals surface area (Å²) in [6, 6.07) is 13.9. The van der Waals surface area contributed by atoms with Crippen LogP contribution in [-0.2, 0) is 6.42 Å². The largest absolute Gasteiger partial charge is 0.289 e. The molecule has 0 amide bonds. The van der Waals surface area contributed by atoms with Crippen LogP contribution in [0.3, 0.4) is 0 Å². The Kier molecular flexibility index (Phi) is 7.08. The molecule has 2 aromatic carbocycles. The van der Waals surface area contributed by atoms with Gasteiger partial charge in [-0.3, -0.25) is 14.9 Å². The highest BCUT2D eigenvalue weighted by molar-refractivity contribution is 6.06. The van der Waals surface area contributed by atoms with Crippen molar-refractivity contribution < 1.29 is 9.72 Å². The lowest BCUT2D eigenvalue weighted by molar-refractivity contribution is -0.384. The summed E-state index contributed by atoms with van der Waals surface area (Å²) in [5.74, 6) is -0.0733. The quantitative estimate of drug-likeness (QED) is 0.196. The number of carbonyl (C=O) groups is 1. The number of nitro benzene ring substituents is 1. The number of unbranched alkanes of at least 4 members (excludes halogenated alkanes) is 3. The monoisotopic (exact) mass is 337 g/mol. The second-order valence-electron chi connectivity index (χ2n) is 6.05. The first kappa shape index (κ1) is 18.6. The van der Waals surface area contributed by atoms with Crippen molar-refractivity contribution in [3.05, 3.63) is 81.4 Å². The molecule has 0 radical (unpaired) electrons. The van der Waals surface area contributed by atoms with Gasteiger partial charge in [-0.2, -0.15) is 0 Å². The highest BCUT2D eigenvalue weighted by atomic mass is 16.6. The van der Waals surface area contributed by atoms with Crippen molar-refractivity contribution in [1.82, 2.24) is 0 Å². The molecule has 0 heterocycles. The Bertz CT molecular complexity index is 731. The third-order valence-corrected chi connectivity index (χ3v) is 4.09. The van der Waals surface area contributed by atoms with E-state index in [0.29, 0.717) is 5.56 Å². The van der Waals surface area contributed by atoms with Crippen LogP contribution in [0.15, 0.2) is 54.6 Å². The van der Waals surface area contributed by atoms with Crippen LogP contribution in [0.25, 0.3) is 6.08 Å².